The molecule has 0 spiro atoms. The second kappa shape index (κ2) is 5.75. The molecule has 4 nitrogen and oxygen atoms in total. The first-order chi connectivity index (χ1) is 8.70. The van der Waals surface area contributed by atoms with Crippen molar-refractivity contribution in [3.63, 3.8) is 0 Å². The monoisotopic (exact) mass is 267 g/mol. The maximum absolute atomic E-state index is 12.9. The van der Waals surface area contributed by atoms with Gasteiger partial charge in [-0.25, -0.2) is 4.39 Å². The van der Waals surface area contributed by atoms with Gasteiger partial charge in [0.25, 0.3) is 0 Å². The Hall–Kier alpha value is -1.72. The van der Waals surface area contributed by atoms with Crippen LogP contribution < -0.4 is 5.32 Å². The van der Waals surface area contributed by atoms with E-state index < -0.39 is 5.82 Å². The van der Waals surface area contributed by atoms with E-state index in [0.29, 0.717) is 28.6 Å². The van der Waals surface area contributed by atoms with Crippen LogP contribution in [0.1, 0.15) is 0 Å². The Kier molecular flexibility index (Phi) is 4.07. The van der Waals surface area contributed by atoms with Gasteiger partial charge in [0.2, 0.25) is 0 Å². The molecule has 2 rings (SSSR count). The van der Waals surface area contributed by atoms with E-state index in [0.717, 1.165) is 0 Å². The van der Waals surface area contributed by atoms with Gasteiger partial charge in [-0.05, 0) is 30.3 Å². The van der Waals surface area contributed by atoms with E-state index >= 15 is 0 Å². The Bertz CT molecular complexity index is 533. The Morgan fingerprint density at radius 2 is 2.06 bits per heavy atom. The summed E-state index contributed by atoms with van der Waals surface area (Å²) < 4.78 is 12.9. The Balaban J connectivity index is 2.23. The van der Waals surface area contributed by atoms with Crippen LogP contribution in [0.4, 0.5) is 10.2 Å². The van der Waals surface area contributed by atoms with Crippen LogP contribution in [0.15, 0.2) is 30.3 Å². The molecule has 2 aromatic rings. The van der Waals surface area contributed by atoms with Gasteiger partial charge in [0.1, 0.15) is 11.6 Å². The summed E-state index contributed by atoms with van der Waals surface area (Å²) in [7, 11) is 0. The molecule has 0 radical (unpaired) electrons. The first-order valence-electron chi connectivity index (χ1n) is 5.34. The number of hydrogen-bond acceptors (Lipinski definition) is 4. The summed E-state index contributed by atoms with van der Waals surface area (Å²) in [5, 5.41) is 19.8. The highest BCUT2D eigenvalue weighted by atomic mass is 35.5. The summed E-state index contributed by atoms with van der Waals surface area (Å²) in [5.41, 5.74) is 1.19. The summed E-state index contributed by atoms with van der Waals surface area (Å²) >= 11 is 5.93. The van der Waals surface area contributed by atoms with Crippen LogP contribution in [-0.4, -0.2) is 28.5 Å². The van der Waals surface area contributed by atoms with Crippen molar-refractivity contribution in [2.45, 2.75) is 0 Å². The number of halogens is 2. The van der Waals surface area contributed by atoms with E-state index in [1.165, 1.54) is 12.1 Å². The number of aromatic nitrogens is 2. The van der Waals surface area contributed by atoms with Crippen molar-refractivity contribution in [3.05, 3.63) is 41.2 Å². The molecule has 94 valence electrons. The fourth-order valence-electron chi connectivity index (χ4n) is 1.45. The van der Waals surface area contributed by atoms with Gasteiger partial charge in [0.15, 0.2) is 0 Å². The number of nitrogens with zero attached hydrogens (tertiary/aromatic N) is 2. The molecule has 0 unspecified atom stereocenters. The van der Waals surface area contributed by atoms with Gasteiger partial charge in [-0.2, -0.15) is 0 Å². The van der Waals surface area contributed by atoms with Gasteiger partial charge in [-0.3, -0.25) is 0 Å². The van der Waals surface area contributed by atoms with Crippen molar-refractivity contribution in [2.24, 2.45) is 0 Å². The van der Waals surface area contributed by atoms with Crippen LogP contribution in [0.5, 0.6) is 0 Å². The van der Waals surface area contributed by atoms with Crippen LogP contribution in [0.2, 0.25) is 5.02 Å². The molecule has 2 N–H and O–H groups in total. The number of aliphatic hydroxyl groups is 1. The number of rotatable bonds is 4. The van der Waals surface area contributed by atoms with Crippen molar-refractivity contribution in [1.82, 2.24) is 10.2 Å². The third-order valence-electron chi connectivity index (χ3n) is 2.29. The molecule has 6 heteroatoms. The average molecular weight is 268 g/mol. The lowest BCUT2D eigenvalue weighted by atomic mass is 10.1. The zero-order chi connectivity index (χ0) is 13.0. The minimum Gasteiger partial charge on any atom is -0.395 e. The molecule has 0 aliphatic carbocycles. The normalized spacial score (nSPS) is 10.4. The maximum Gasteiger partial charge on any atom is 0.148 e. The van der Waals surface area contributed by atoms with Gasteiger partial charge < -0.3 is 10.4 Å². The summed E-state index contributed by atoms with van der Waals surface area (Å²) in [4.78, 5) is 0. The zero-order valence-electron chi connectivity index (χ0n) is 9.40. The van der Waals surface area contributed by atoms with Crippen LogP contribution in [0.25, 0.3) is 11.3 Å². The van der Waals surface area contributed by atoms with E-state index in [1.54, 1.807) is 18.2 Å². The standard InChI is InChI=1S/C12H11ClFN3O/c13-10-7-8(14)1-2-9(10)11-3-4-12(17-16-11)15-5-6-18/h1-4,7,18H,5-6H2,(H,15,17). The molecule has 0 amide bonds. The lowest BCUT2D eigenvalue weighted by Gasteiger charge is -2.05. The van der Waals surface area contributed by atoms with Crippen LogP contribution in [0, 0.1) is 5.82 Å². The third kappa shape index (κ3) is 2.94. The number of anilines is 1. The SMILES string of the molecule is OCCNc1ccc(-c2ccc(F)cc2Cl)nn1. The first kappa shape index (κ1) is 12.7. The van der Waals surface area contributed by atoms with E-state index in [4.69, 9.17) is 16.7 Å². The molecule has 1 aromatic heterocycles. The fourth-order valence-corrected chi connectivity index (χ4v) is 1.72. The Labute approximate surface area is 108 Å². The van der Waals surface area contributed by atoms with Gasteiger partial charge in [-0.15, -0.1) is 10.2 Å². The molecule has 0 atom stereocenters. The quantitative estimate of drug-likeness (QED) is 0.893. The first-order valence-corrected chi connectivity index (χ1v) is 5.72. The van der Waals surface area contributed by atoms with Crippen molar-refractivity contribution in [3.8, 4) is 11.3 Å². The molecule has 0 bridgehead atoms. The molecule has 1 aromatic carbocycles. The Morgan fingerprint density at radius 3 is 2.67 bits per heavy atom. The largest absolute Gasteiger partial charge is 0.395 e. The lowest BCUT2D eigenvalue weighted by Crippen LogP contribution is -2.07. The molecule has 0 aliphatic rings. The predicted octanol–water partition coefficient (Wildman–Crippen LogP) is 2.34. The minimum absolute atomic E-state index is 0.0211. The van der Waals surface area contributed by atoms with Gasteiger partial charge >= 0.3 is 0 Å². The van der Waals surface area contributed by atoms with Crippen LogP contribution in [0.3, 0.4) is 0 Å². The summed E-state index contributed by atoms with van der Waals surface area (Å²) in [6.07, 6.45) is 0. The second-order valence-corrected chi connectivity index (χ2v) is 3.99. The second-order valence-electron chi connectivity index (χ2n) is 3.58. The predicted molar refractivity (Wildman–Crippen MR) is 68.0 cm³/mol. The number of nitrogens with one attached hydrogen (secondary N) is 1. The van der Waals surface area contributed by atoms with E-state index in [2.05, 4.69) is 15.5 Å². The highest BCUT2D eigenvalue weighted by molar-refractivity contribution is 6.33. The molecule has 18 heavy (non-hydrogen) atoms. The smallest absolute Gasteiger partial charge is 0.148 e. The van der Waals surface area contributed by atoms with Gasteiger partial charge in [-0.1, -0.05) is 11.6 Å². The molecule has 0 saturated carbocycles. The van der Waals surface area contributed by atoms with Crippen LogP contribution in [-0.2, 0) is 0 Å². The molecular weight excluding hydrogens is 257 g/mol. The van der Waals surface area contributed by atoms with Gasteiger partial charge in [0.05, 0.1) is 17.3 Å². The average Bonchev–Trinajstić information content (AvgIpc) is 2.37. The van der Waals surface area contributed by atoms with Crippen molar-refractivity contribution in [1.29, 1.82) is 0 Å². The van der Waals surface area contributed by atoms with Crippen molar-refractivity contribution >= 4 is 17.4 Å². The molecular formula is C12H11ClFN3O. The number of benzene rings is 1. The summed E-state index contributed by atoms with van der Waals surface area (Å²) in [6, 6.07) is 7.56. The number of aliphatic hydroxyl groups excluding tert-OH is 1. The number of hydrogen-bond donors (Lipinski definition) is 2. The maximum atomic E-state index is 12.9. The summed E-state index contributed by atoms with van der Waals surface area (Å²) in [5.74, 6) is 0.170. The fraction of sp³-hybridized carbons (Fsp3) is 0.167. The van der Waals surface area contributed by atoms with Crippen molar-refractivity contribution < 1.29 is 9.50 Å². The van der Waals surface area contributed by atoms with Crippen LogP contribution >= 0.6 is 11.6 Å². The topological polar surface area (TPSA) is 58.0 Å². The lowest BCUT2D eigenvalue weighted by molar-refractivity contribution is 0.311. The minimum atomic E-state index is -0.391. The summed E-state index contributed by atoms with van der Waals surface area (Å²) in [6.45, 7) is 0.429. The molecule has 0 aliphatic heterocycles. The van der Waals surface area contributed by atoms with E-state index in [9.17, 15) is 4.39 Å². The molecule has 0 saturated heterocycles. The zero-order valence-corrected chi connectivity index (χ0v) is 10.2. The molecule has 0 fully saturated rings. The third-order valence-corrected chi connectivity index (χ3v) is 2.60. The van der Waals surface area contributed by atoms with Crippen molar-refractivity contribution in [2.75, 3.05) is 18.5 Å². The highest BCUT2D eigenvalue weighted by Gasteiger charge is 2.06. The van der Waals surface area contributed by atoms with E-state index in [1.807, 2.05) is 0 Å². The highest BCUT2D eigenvalue weighted by Crippen LogP contribution is 2.26. The Morgan fingerprint density at radius 1 is 1.22 bits per heavy atom. The van der Waals surface area contributed by atoms with E-state index in [-0.39, 0.29) is 6.61 Å². The molecule has 1 heterocycles. The van der Waals surface area contributed by atoms with Gasteiger partial charge in [0, 0.05) is 12.1 Å².